The van der Waals surface area contributed by atoms with E-state index in [2.05, 4.69) is 0 Å². The third-order valence-corrected chi connectivity index (χ3v) is 5.86. The molecule has 164 valence electrons. The normalized spacial score (nSPS) is 10.9. The second-order valence-corrected chi connectivity index (χ2v) is 7.95. The maximum atomic E-state index is 12.8. The Morgan fingerprint density at radius 1 is 1.00 bits per heavy atom. The summed E-state index contributed by atoms with van der Waals surface area (Å²) in [6, 6.07) is 16.6. The summed E-state index contributed by atoms with van der Waals surface area (Å²) >= 11 is 12.3. The lowest BCUT2D eigenvalue weighted by atomic mass is 10.1. The van der Waals surface area contributed by atoms with E-state index < -0.39 is 0 Å². The maximum absolute atomic E-state index is 12.8. The highest BCUT2D eigenvalue weighted by Gasteiger charge is 2.24. The molecule has 0 radical (unpaired) electrons. The summed E-state index contributed by atoms with van der Waals surface area (Å²) in [6.07, 6.45) is 1.88. The summed E-state index contributed by atoms with van der Waals surface area (Å²) in [5.74, 6) is 1.70. The number of hydrogen-bond acceptors (Lipinski definition) is 4. The standard InChI is InChI=1S/C24H21Cl2N3O3/c1-15(30)29(14-16-7-9-18(25)19(26)12-16)24-23(27-22-6-4-5-11-28(22)24)17-8-10-20(31-2)21(13-17)32-3/h4-13H,14H2,1-3H3. The summed E-state index contributed by atoms with van der Waals surface area (Å²) in [5.41, 5.74) is 3.00. The minimum absolute atomic E-state index is 0.136. The Balaban J connectivity index is 1.89. The van der Waals surface area contributed by atoms with Crippen LogP contribution in [-0.4, -0.2) is 29.5 Å². The van der Waals surface area contributed by atoms with Gasteiger partial charge < -0.3 is 9.47 Å². The third kappa shape index (κ3) is 4.11. The van der Waals surface area contributed by atoms with E-state index in [1.807, 2.05) is 53.1 Å². The van der Waals surface area contributed by atoms with Crippen LogP contribution in [0, 0.1) is 0 Å². The highest BCUT2D eigenvalue weighted by Crippen LogP contribution is 2.37. The number of hydrogen-bond donors (Lipinski definition) is 0. The van der Waals surface area contributed by atoms with Crippen LogP contribution in [0.4, 0.5) is 5.82 Å². The van der Waals surface area contributed by atoms with Gasteiger partial charge in [-0.1, -0.05) is 35.3 Å². The number of nitrogens with zero attached hydrogens (tertiary/aromatic N) is 3. The smallest absolute Gasteiger partial charge is 0.225 e. The summed E-state index contributed by atoms with van der Waals surface area (Å²) in [5, 5.41) is 0.900. The molecule has 0 unspecified atom stereocenters. The zero-order chi connectivity index (χ0) is 22.8. The van der Waals surface area contributed by atoms with Crippen LogP contribution in [0.1, 0.15) is 12.5 Å². The first-order valence-electron chi connectivity index (χ1n) is 9.84. The first-order valence-corrected chi connectivity index (χ1v) is 10.6. The lowest BCUT2D eigenvalue weighted by molar-refractivity contribution is -0.116. The lowest BCUT2D eigenvalue weighted by Gasteiger charge is -2.22. The highest BCUT2D eigenvalue weighted by molar-refractivity contribution is 6.42. The van der Waals surface area contributed by atoms with Crippen molar-refractivity contribution in [1.82, 2.24) is 9.38 Å². The van der Waals surface area contributed by atoms with Gasteiger partial charge in [0.2, 0.25) is 5.91 Å². The Morgan fingerprint density at radius 3 is 2.47 bits per heavy atom. The second kappa shape index (κ2) is 9.10. The molecule has 2 aromatic carbocycles. The molecule has 1 amide bonds. The van der Waals surface area contributed by atoms with Gasteiger partial charge >= 0.3 is 0 Å². The number of carbonyl (C=O) groups excluding carboxylic acids is 1. The number of fused-ring (bicyclic) bond motifs is 1. The zero-order valence-electron chi connectivity index (χ0n) is 17.8. The van der Waals surface area contributed by atoms with E-state index >= 15 is 0 Å². The van der Waals surface area contributed by atoms with Crippen LogP contribution in [0.15, 0.2) is 60.8 Å². The minimum Gasteiger partial charge on any atom is -0.493 e. The molecule has 0 N–H and O–H groups in total. The van der Waals surface area contributed by atoms with Crippen molar-refractivity contribution in [1.29, 1.82) is 0 Å². The molecule has 0 atom stereocenters. The van der Waals surface area contributed by atoms with Crippen LogP contribution in [0.5, 0.6) is 11.5 Å². The number of benzene rings is 2. The van der Waals surface area contributed by atoms with E-state index in [1.54, 1.807) is 31.3 Å². The fraction of sp³-hybridized carbons (Fsp3) is 0.167. The first-order chi connectivity index (χ1) is 15.4. The Morgan fingerprint density at radius 2 is 1.78 bits per heavy atom. The zero-order valence-corrected chi connectivity index (χ0v) is 19.3. The van der Waals surface area contributed by atoms with E-state index in [4.69, 9.17) is 37.7 Å². The Kier molecular flexibility index (Phi) is 6.26. The average Bonchev–Trinajstić information content (AvgIpc) is 3.18. The van der Waals surface area contributed by atoms with Crippen LogP contribution >= 0.6 is 23.2 Å². The molecule has 0 spiro atoms. The van der Waals surface area contributed by atoms with Crippen LogP contribution < -0.4 is 14.4 Å². The molecule has 0 aliphatic heterocycles. The topological polar surface area (TPSA) is 56.1 Å². The molecule has 0 fully saturated rings. The number of ether oxygens (including phenoxy) is 2. The number of imidazole rings is 1. The Labute approximate surface area is 195 Å². The van der Waals surface area contributed by atoms with Gasteiger partial charge in [0, 0.05) is 18.7 Å². The molecule has 6 nitrogen and oxygen atoms in total. The lowest BCUT2D eigenvalue weighted by Crippen LogP contribution is -2.29. The SMILES string of the molecule is COc1ccc(-c2nc3ccccn3c2N(Cc2ccc(Cl)c(Cl)c2)C(C)=O)cc1OC. The Bertz CT molecular complexity index is 1300. The van der Waals surface area contributed by atoms with E-state index in [0.717, 1.165) is 11.1 Å². The molecule has 0 saturated carbocycles. The first kappa shape index (κ1) is 22.0. The molecule has 0 aliphatic carbocycles. The minimum atomic E-state index is -0.136. The van der Waals surface area contributed by atoms with Gasteiger partial charge in [-0.25, -0.2) is 4.98 Å². The molecular formula is C24H21Cl2N3O3. The van der Waals surface area contributed by atoms with Crippen molar-refractivity contribution in [3.63, 3.8) is 0 Å². The molecule has 32 heavy (non-hydrogen) atoms. The fourth-order valence-corrected chi connectivity index (χ4v) is 3.89. The quantitative estimate of drug-likeness (QED) is 0.353. The Hall–Kier alpha value is -3.22. The summed E-state index contributed by atoms with van der Waals surface area (Å²) in [4.78, 5) is 19.3. The number of halogens is 2. The van der Waals surface area contributed by atoms with Crippen molar-refractivity contribution in [2.45, 2.75) is 13.5 Å². The van der Waals surface area contributed by atoms with Crippen molar-refractivity contribution < 1.29 is 14.3 Å². The van der Waals surface area contributed by atoms with Gasteiger partial charge in [-0.2, -0.15) is 0 Å². The van der Waals surface area contributed by atoms with Gasteiger partial charge in [0.25, 0.3) is 0 Å². The number of methoxy groups -OCH3 is 2. The number of aromatic nitrogens is 2. The van der Waals surface area contributed by atoms with Crippen molar-refractivity contribution in [3.05, 3.63) is 76.4 Å². The third-order valence-electron chi connectivity index (χ3n) is 5.12. The summed E-state index contributed by atoms with van der Waals surface area (Å²) < 4.78 is 12.7. The van der Waals surface area contributed by atoms with E-state index in [0.29, 0.717) is 45.2 Å². The molecular weight excluding hydrogens is 449 g/mol. The van der Waals surface area contributed by atoms with Gasteiger partial charge in [-0.15, -0.1) is 0 Å². The number of anilines is 1. The molecule has 4 rings (SSSR count). The fourth-order valence-electron chi connectivity index (χ4n) is 3.57. The van der Waals surface area contributed by atoms with Crippen molar-refractivity contribution >= 4 is 40.6 Å². The van der Waals surface area contributed by atoms with E-state index in [9.17, 15) is 4.79 Å². The van der Waals surface area contributed by atoms with Crippen LogP contribution in [0.3, 0.4) is 0 Å². The van der Waals surface area contributed by atoms with Gasteiger partial charge in [-0.05, 0) is 48.0 Å². The molecule has 4 aromatic rings. The molecule has 0 bridgehead atoms. The van der Waals surface area contributed by atoms with Crippen LogP contribution in [0.25, 0.3) is 16.9 Å². The molecule has 8 heteroatoms. The van der Waals surface area contributed by atoms with Crippen LogP contribution in [0.2, 0.25) is 10.0 Å². The van der Waals surface area contributed by atoms with Crippen molar-refractivity contribution in [3.8, 4) is 22.8 Å². The largest absolute Gasteiger partial charge is 0.493 e. The number of rotatable bonds is 6. The maximum Gasteiger partial charge on any atom is 0.225 e. The molecule has 0 saturated heterocycles. The second-order valence-electron chi connectivity index (χ2n) is 7.14. The number of carbonyl (C=O) groups is 1. The van der Waals surface area contributed by atoms with Gasteiger partial charge in [0.05, 0.1) is 30.8 Å². The predicted molar refractivity (Wildman–Crippen MR) is 127 cm³/mol. The predicted octanol–water partition coefficient (Wildman–Crippen LogP) is 5.88. The summed E-state index contributed by atoms with van der Waals surface area (Å²) in [6.45, 7) is 1.83. The van der Waals surface area contributed by atoms with Gasteiger partial charge in [0.15, 0.2) is 11.5 Å². The molecule has 2 heterocycles. The number of pyridine rings is 1. The molecule has 2 aromatic heterocycles. The molecule has 0 aliphatic rings. The van der Waals surface area contributed by atoms with E-state index in [-0.39, 0.29) is 5.91 Å². The van der Waals surface area contributed by atoms with Gasteiger partial charge in [-0.3, -0.25) is 14.1 Å². The van der Waals surface area contributed by atoms with Crippen molar-refractivity contribution in [2.75, 3.05) is 19.1 Å². The van der Waals surface area contributed by atoms with Crippen LogP contribution in [-0.2, 0) is 11.3 Å². The van der Waals surface area contributed by atoms with Crippen molar-refractivity contribution in [2.24, 2.45) is 0 Å². The number of amides is 1. The van der Waals surface area contributed by atoms with Gasteiger partial charge in [0.1, 0.15) is 17.2 Å². The van der Waals surface area contributed by atoms with E-state index in [1.165, 1.54) is 6.92 Å². The average molecular weight is 470 g/mol. The highest BCUT2D eigenvalue weighted by atomic mass is 35.5. The monoisotopic (exact) mass is 469 g/mol. The summed E-state index contributed by atoms with van der Waals surface area (Å²) in [7, 11) is 3.17.